The predicted octanol–water partition coefficient (Wildman–Crippen LogP) is 1.89. The summed E-state index contributed by atoms with van der Waals surface area (Å²) in [5.41, 5.74) is 1.60. The molecule has 2 aliphatic rings. The first kappa shape index (κ1) is 23.1. The molecular formula is C25H31N3O5. The zero-order valence-corrected chi connectivity index (χ0v) is 19.1. The number of carbonyl (C=O) groups excluding carboxylic acids is 2. The van der Waals surface area contributed by atoms with E-state index in [-0.39, 0.29) is 11.8 Å². The third-order valence-electron chi connectivity index (χ3n) is 6.03. The van der Waals surface area contributed by atoms with Gasteiger partial charge >= 0.3 is 0 Å². The van der Waals surface area contributed by atoms with E-state index in [1.807, 2.05) is 35.2 Å². The Morgan fingerprint density at radius 3 is 2.27 bits per heavy atom. The van der Waals surface area contributed by atoms with Crippen LogP contribution in [0.2, 0.25) is 0 Å². The van der Waals surface area contributed by atoms with E-state index in [0.29, 0.717) is 69.6 Å². The van der Waals surface area contributed by atoms with Crippen LogP contribution < -0.4 is 9.47 Å². The summed E-state index contributed by atoms with van der Waals surface area (Å²) >= 11 is 0. The molecule has 33 heavy (non-hydrogen) atoms. The molecular weight excluding hydrogens is 422 g/mol. The van der Waals surface area contributed by atoms with E-state index in [1.54, 1.807) is 30.2 Å². The zero-order valence-electron chi connectivity index (χ0n) is 19.1. The van der Waals surface area contributed by atoms with E-state index in [9.17, 15) is 9.59 Å². The lowest BCUT2D eigenvalue weighted by Gasteiger charge is -2.36. The average Bonchev–Trinajstić information content (AvgIpc) is 2.88. The van der Waals surface area contributed by atoms with Crippen molar-refractivity contribution in [1.29, 1.82) is 0 Å². The van der Waals surface area contributed by atoms with Crippen molar-refractivity contribution in [3.8, 4) is 11.5 Å². The second-order valence-electron chi connectivity index (χ2n) is 8.20. The number of nitrogens with zero attached hydrogens (tertiary/aromatic N) is 3. The van der Waals surface area contributed by atoms with Gasteiger partial charge in [-0.15, -0.1) is 0 Å². The Bertz CT molecular complexity index is 938. The molecule has 4 rings (SSSR count). The summed E-state index contributed by atoms with van der Waals surface area (Å²) in [5, 5.41) is 0. The summed E-state index contributed by atoms with van der Waals surface area (Å²) in [6, 6.07) is 15.1. The van der Waals surface area contributed by atoms with Gasteiger partial charge in [0.05, 0.1) is 26.9 Å². The smallest absolute Gasteiger partial charge is 0.254 e. The fourth-order valence-corrected chi connectivity index (χ4v) is 4.05. The molecule has 0 spiro atoms. The lowest BCUT2D eigenvalue weighted by molar-refractivity contribution is -0.134. The van der Waals surface area contributed by atoms with Crippen LogP contribution in [0.25, 0.3) is 0 Å². The number of benzene rings is 2. The number of ether oxygens (including phenoxy) is 3. The van der Waals surface area contributed by atoms with Crippen LogP contribution in [-0.4, -0.2) is 92.7 Å². The number of carbonyl (C=O) groups is 2. The number of hydrogen-bond acceptors (Lipinski definition) is 6. The molecule has 2 saturated heterocycles. The Labute approximate surface area is 194 Å². The normalized spacial score (nSPS) is 17.0. The third kappa shape index (κ3) is 6.03. The second-order valence-corrected chi connectivity index (χ2v) is 8.20. The van der Waals surface area contributed by atoms with Crippen LogP contribution in [-0.2, 0) is 16.1 Å². The van der Waals surface area contributed by atoms with Crippen LogP contribution >= 0.6 is 0 Å². The number of piperazine rings is 1. The molecule has 8 heteroatoms. The molecule has 0 radical (unpaired) electrons. The SMILES string of the molecule is COc1cc(C(=O)N2CCN(C(=O)CN3CCOCC3)CC2)ccc1OCc1ccccc1. The molecule has 2 heterocycles. The van der Waals surface area contributed by atoms with E-state index in [1.165, 1.54) is 0 Å². The van der Waals surface area contributed by atoms with Crippen molar-refractivity contribution in [2.45, 2.75) is 6.61 Å². The number of rotatable bonds is 7. The second kappa shape index (κ2) is 11.2. The molecule has 2 amide bonds. The quantitative estimate of drug-likeness (QED) is 0.638. The summed E-state index contributed by atoms with van der Waals surface area (Å²) in [4.78, 5) is 31.4. The van der Waals surface area contributed by atoms with Crippen LogP contribution in [0.1, 0.15) is 15.9 Å². The Hall–Kier alpha value is -3.10. The first-order chi connectivity index (χ1) is 16.1. The van der Waals surface area contributed by atoms with E-state index in [0.717, 1.165) is 18.7 Å². The van der Waals surface area contributed by atoms with Crippen LogP contribution in [0.3, 0.4) is 0 Å². The highest BCUT2D eigenvalue weighted by atomic mass is 16.5. The standard InChI is InChI=1S/C25H31N3O5/c1-31-23-17-21(7-8-22(23)33-19-20-5-3-2-4-6-20)25(30)28-11-9-27(10-12-28)24(29)18-26-13-15-32-16-14-26/h2-8,17H,9-16,18-19H2,1H3. The fraction of sp³-hybridized carbons (Fsp3) is 0.440. The molecule has 8 nitrogen and oxygen atoms in total. The van der Waals surface area contributed by atoms with Gasteiger partial charge in [-0.1, -0.05) is 30.3 Å². The minimum absolute atomic E-state index is 0.0665. The Balaban J connectivity index is 1.31. The molecule has 2 aromatic rings. The van der Waals surface area contributed by atoms with Gasteiger partial charge < -0.3 is 24.0 Å². The molecule has 2 aliphatic heterocycles. The van der Waals surface area contributed by atoms with Gasteiger partial charge in [0, 0.05) is 44.8 Å². The predicted molar refractivity (Wildman–Crippen MR) is 124 cm³/mol. The molecule has 0 unspecified atom stereocenters. The third-order valence-corrected chi connectivity index (χ3v) is 6.03. The lowest BCUT2D eigenvalue weighted by Crippen LogP contribution is -2.53. The minimum Gasteiger partial charge on any atom is -0.493 e. The number of hydrogen-bond donors (Lipinski definition) is 0. The maximum absolute atomic E-state index is 13.1. The highest BCUT2D eigenvalue weighted by Crippen LogP contribution is 2.29. The highest BCUT2D eigenvalue weighted by Gasteiger charge is 2.26. The highest BCUT2D eigenvalue weighted by molar-refractivity contribution is 5.95. The van der Waals surface area contributed by atoms with E-state index in [4.69, 9.17) is 14.2 Å². The van der Waals surface area contributed by atoms with Crippen molar-refractivity contribution in [2.24, 2.45) is 0 Å². The number of methoxy groups -OCH3 is 1. The molecule has 0 aliphatic carbocycles. The monoisotopic (exact) mass is 453 g/mol. The zero-order chi connectivity index (χ0) is 23.0. The van der Waals surface area contributed by atoms with E-state index >= 15 is 0 Å². The minimum atomic E-state index is -0.0665. The maximum atomic E-state index is 13.1. The Morgan fingerprint density at radius 2 is 1.58 bits per heavy atom. The molecule has 0 aromatic heterocycles. The summed E-state index contributed by atoms with van der Waals surface area (Å²) in [6.45, 7) is 5.89. The molecule has 2 fully saturated rings. The van der Waals surface area contributed by atoms with Gasteiger partial charge in [-0.3, -0.25) is 14.5 Å². The van der Waals surface area contributed by atoms with Crippen LogP contribution in [0, 0.1) is 0 Å². The molecule has 2 aromatic carbocycles. The first-order valence-electron chi connectivity index (χ1n) is 11.4. The van der Waals surface area contributed by atoms with Crippen LogP contribution in [0.4, 0.5) is 0 Å². The molecule has 0 N–H and O–H groups in total. The molecule has 0 bridgehead atoms. The lowest BCUT2D eigenvalue weighted by atomic mass is 10.1. The van der Waals surface area contributed by atoms with Crippen molar-refractivity contribution < 1.29 is 23.8 Å². The van der Waals surface area contributed by atoms with Gasteiger partial charge in [0.15, 0.2) is 11.5 Å². The number of morpholine rings is 1. The van der Waals surface area contributed by atoms with Gasteiger partial charge in [0.25, 0.3) is 5.91 Å². The Morgan fingerprint density at radius 1 is 0.879 bits per heavy atom. The van der Waals surface area contributed by atoms with Crippen molar-refractivity contribution >= 4 is 11.8 Å². The van der Waals surface area contributed by atoms with Crippen LogP contribution in [0.5, 0.6) is 11.5 Å². The summed E-state index contributed by atoms with van der Waals surface area (Å²) in [6.07, 6.45) is 0. The topological polar surface area (TPSA) is 71.6 Å². The first-order valence-corrected chi connectivity index (χ1v) is 11.4. The van der Waals surface area contributed by atoms with Crippen LogP contribution in [0.15, 0.2) is 48.5 Å². The van der Waals surface area contributed by atoms with Crippen molar-refractivity contribution in [2.75, 3.05) is 66.1 Å². The van der Waals surface area contributed by atoms with Gasteiger partial charge in [-0.25, -0.2) is 0 Å². The molecule has 176 valence electrons. The summed E-state index contributed by atoms with van der Waals surface area (Å²) in [7, 11) is 1.57. The Kier molecular flexibility index (Phi) is 7.80. The van der Waals surface area contributed by atoms with Crippen molar-refractivity contribution in [3.63, 3.8) is 0 Å². The van der Waals surface area contributed by atoms with E-state index in [2.05, 4.69) is 4.90 Å². The van der Waals surface area contributed by atoms with Gasteiger partial charge in [-0.2, -0.15) is 0 Å². The largest absolute Gasteiger partial charge is 0.493 e. The number of amides is 2. The van der Waals surface area contributed by atoms with Gasteiger partial charge in [0.1, 0.15) is 6.61 Å². The summed E-state index contributed by atoms with van der Waals surface area (Å²) in [5.74, 6) is 1.17. The van der Waals surface area contributed by atoms with Gasteiger partial charge in [-0.05, 0) is 23.8 Å². The molecule has 0 atom stereocenters. The average molecular weight is 454 g/mol. The maximum Gasteiger partial charge on any atom is 0.254 e. The summed E-state index contributed by atoms with van der Waals surface area (Å²) < 4.78 is 16.7. The van der Waals surface area contributed by atoms with Gasteiger partial charge in [0.2, 0.25) is 5.91 Å². The van der Waals surface area contributed by atoms with Crippen molar-refractivity contribution in [1.82, 2.24) is 14.7 Å². The van der Waals surface area contributed by atoms with Crippen molar-refractivity contribution in [3.05, 3.63) is 59.7 Å². The molecule has 0 saturated carbocycles. The van der Waals surface area contributed by atoms with E-state index < -0.39 is 0 Å². The fourth-order valence-electron chi connectivity index (χ4n) is 4.05.